The maximum atomic E-state index is 14.0. The van der Waals surface area contributed by atoms with Crippen LogP contribution < -0.4 is 0 Å². The van der Waals surface area contributed by atoms with Crippen LogP contribution in [0.2, 0.25) is 0 Å². The Bertz CT molecular complexity index is 754. The molecule has 0 bridgehead atoms. The molecule has 0 aliphatic carbocycles. The number of amides is 1. The summed E-state index contributed by atoms with van der Waals surface area (Å²) in [5, 5.41) is 12.7. The number of benzene rings is 1. The van der Waals surface area contributed by atoms with Crippen LogP contribution in [0.5, 0.6) is 0 Å². The van der Waals surface area contributed by atoms with Crippen molar-refractivity contribution in [3.63, 3.8) is 0 Å². The van der Waals surface area contributed by atoms with Crippen molar-refractivity contribution in [2.75, 3.05) is 26.2 Å². The minimum Gasteiger partial charge on any atom is -0.337 e. The third-order valence-electron chi connectivity index (χ3n) is 4.21. The van der Waals surface area contributed by atoms with Gasteiger partial charge in [0.15, 0.2) is 0 Å². The van der Waals surface area contributed by atoms with Crippen molar-refractivity contribution in [3.05, 3.63) is 57.5 Å². The van der Waals surface area contributed by atoms with E-state index >= 15 is 0 Å². The quantitative estimate of drug-likeness (QED) is 0.860. The topological polar surface area (TPSA) is 47.3 Å². The molecule has 124 valence electrons. The van der Waals surface area contributed by atoms with Crippen LogP contribution in [-0.4, -0.2) is 41.9 Å². The maximum absolute atomic E-state index is 14.0. The van der Waals surface area contributed by atoms with Gasteiger partial charge in [0.1, 0.15) is 5.82 Å². The summed E-state index contributed by atoms with van der Waals surface area (Å²) >= 11 is 1.52. The van der Waals surface area contributed by atoms with E-state index in [1.165, 1.54) is 23.5 Å². The molecule has 0 atom stereocenters. The van der Waals surface area contributed by atoms with Crippen LogP contribution in [-0.2, 0) is 6.54 Å². The summed E-state index contributed by atoms with van der Waals surface area (Å²) in [6.07, 6.45) is 0.857. The molecule has 6 heteroatoms. The lowest BCUT2D eigenvalue weighted by Crippen LogP contribution is -2.35. The van der Waals surface area contributed by atoms with Gasteiger partial charge in [-0.25, -0.2) is 4.39 Å². The Morgan fingerprint density at radius 1 is 1.25 bits per heavy atom. The fourth-order valence-corrected chi connectivity index (χ4v) is 3.54. The van der Waals surface area contributed by atoms with Crippen molar-refractivity contribution < 1.29 is 9.18 Å². The summed E-state index contributed by atoms with van der Waals surface area (Å²) in [4.78, 5) is 16.4. The van der Waals surface area contributed by atoms with Crippen molar-refractivity contribution in [2.24, 2.45) is 0 Å². The van der Waals surface area contributed by atoms with Gasteiger partial charge in [-0.1, -0.05) is 0 Å². The summed E-state index contributed by atoms with van der Waals surface area (Å²) in [6.45, 7) is 3.32. The third-order valence-corrected chi connectivity index (χ3v) is 4.90. The number of rotatable bonds is 3. The Hall–Kier alpha value is -2.23. The zero-order valence-corrected chi connectivity index (χ0v) is 14.1. The molecule has 1 saturated heterocycles. The van der Waals surface area contributed by atoms with E-state index in [-0.39, 0.29) is 11.7 Å². The number of hydrogen-bond acceptors (Lipinski definition) is 4. The molecule has 0 saturated carbocycles. The molecule has 1 aromatic carbocycles. The zero-order valence-electron chi connectivity index (χ0n) is 13.2. The minimum absolute atomic E-state index is 0.0655. The zero-order chi connectivity index (χ0) is 16.9. The molecule has 1 aliphatic rings. The summed E-state index contributed by atoms with van der Waals surface area (Å²) in [5.74, 6) is -0.222. The molecule has 3 rings (SSSR count). The van der Waals surface area contributed by atoms with E-state index < -0.39 is 0 Å². The van der Waals surface area contributed by atoms with Gasteiger partial charge in [-0.2, -0.15) is 16.6 Å². The Kier molecular flexibility index (Phi) is 5.24. The fraction of sp³-hybridized carbons (Fsp3) is 0.333. The molecule has 1 aliphatic heterocycles. The number of carbonyl (C=O) groups excluding carboxylic acids is 1. The second kappa shape index (κ2) is 7.56. The third kappa shape index (κ3) is 3.81. The lowest BCUT2D eigenvalue weighted by molar-refractivity contribution is 0.0761. The Morgan fingerprint density at radius 2 is 2.12 bits per heavy atom. The van der Waals surface area contributed by atoms with Gasteiger partial charge in [0.05, 0.1) is 17.2 Å². The van der Waals surface area contributed by atoms with Crippen molar-refractivity contribution in [1.29, 1.82) is 5.26 Å². The van der Waals surface area contributed by atoms with Gasteiger partial charge in [-0.05, 0) is 36.1 Å². The molecule has 1 aromatic heterocycles. The summed E-state index contributed by atoms with van der Waals surface area (Å²) in [7, 11) is 0. The van der Waals surface area contributed by atoms with Gasteiger partial charge in [0.25, 0.3) is 5.91 Å². The van der Waals surface area contributed by atoms with Crippen molar-refractivity contribution in [3.8, 4) is 6.07 Å². The van der Waals surface area contributed by atoms with E-state index in [4.69, 9.17) is 5.26 Å². The Morgan fingerprint density at radius 3 is 2.88 bits per heavy atom. The maximum Gasteiger partial charge on any atom is 0.254 e. The molecule has 2 heterocycles. The summed E-state index contributed by atoms with van der Waals surface area (Å²) in [6, 6.07) is 8.33. The van der Waals surface area contributed by atoms with Crippen LogP contribution in [0, 0.1) is 17.1 Å². The number of halogens is 1. The molecule has 1 amide bonds. The second-order valence-corrected chi connectivity index (χ2v) is 6.63. The first-order valence-corrected chi connectivity index (χ1v) is 8.84. The predicted octanol–water partition coefficient (Wildman–Crippen LogP) is 3.11. The smallest absolute Gasteiger partial charge is 0.254 e. The Labute approximate surface area is 144 Å². The average Bonchev–Trinajstić information content (AvgIpc) is 3.03. The van der Waals surface area contributed by atoms with Crippen LogP contribution in [0.15, 0.2) is 35.0 Å². The summed E-state index contributed by atoms with van der Waals surface area (Å²) < 4.78 is 14.0. The first kappa shape index (κ1) is 16.6. The highest BCUT2D eigenvalue weighted by molar-refractivity contribution is 7.08. The van der Waals surface area contributed by atoms with Crippen molar-refractivity contribution in [1.82, 2.24) is 9.80 Å². The van der Waals surface area contributed by atoms with Crippen LogP contribution in [0.1, 0.15) is 27.9 Å². The Balaban J connectivity index is 1.64. The van der Waals surface area contributed by atoms with Gasteiger partial charge >= 0.3 is 0 Å². The van der Waals surface area contributed by atoms with E-state index in [2.05, 4.69) is 4.90 Å². The molecule has 0 N–H and O–H groups in total. The first-order valence-electron chi connectivity index (χ1n) is 7.90. The molecule has 4 nitrogen and oxygen atoms in total. The molecule has 0 radical (unpaired) electrons. The van der Waals surface area contributed by atoms with Gasteiger partial charge < -0.3 is 4.90 Å². The van der Waals surface area contributed by atoms with Crippen LogP contribution in [0.25, 0.3) is 0 Å². The van der Waals surface area contributed by atoms with Gasteiger partial charge in [-0.15, -0.1) is 0 Å². The van der Waals surface area contributed by atoms with Crippen molar-refractivity contribution >= 4 is 17.2 Å². The van der Waals surface area contributed by atoms with Gasteiger partial charge in [0, 0.05) is 43.7 Å². The minimum atomic E-state index is -0.288. The van der Waals surface area contributed by atoms with E-state index in [0.29, 0.717) is 37.3 Å². The second-order valence-electron chi connectivity index (χ2n) is 5.85. The largest absolute Gasteiger partial charge is 0.337 e. The lowest BCUT2D eigenvalue weighted by atomic mass is 10.1. The van der Waals surface area contributed by atoms with Crippen LogP contribution in [0.3, 0.4) is 0 Å². The molecular weight excluding hydrogens is 325 g/mol. The number of hydrogen-bond donors (Lipinski definition) is 0. The molecule has 1 fully saturated rings. The molecule has 0 unspecified atom stereocenters. The van der Waals surface area contributed by atoms with Crippen LogP contribution in [0.4, 0.5) is 4.39 Å². The highest BCUT2D eigenvalue weighted by Gasteiger charge is 2.21. The summed E-state index contributed by atoms with van der Waals surface area (Å²) in [5.41, 5.74) is 1.74. The first-order chi connectivity index (χ1) is 11.7. The lowest BCUT2D eigenvalue weighted by Gasteiger charge is -2.22. The average molecular weight is 343 g/mol. The van der Waals surface area contributed by atoms with E-state index in [1.807, 2.05) is 27.8 Å². The molecule has 2 aromatic rings. The van der Waals surface area contributed by atoms with Crippen molar-refractivity contribution in [2.45, 2.75) is 13.0 Å². The van der Waals surface area contributed by atoms with Crippen LogP contribution >= 0.6 is 11.3 Å². The normalized spacial score (nSPS) is 15.8. The number of nitriles is 1. The predicted molar refractivity (Wildman–Crippen MR) is 91.2 cm³/mol. The molecule has 24 heavy (non-hydrogen) atoms. The number of carbonyl (C=O) groups is 1. The van der Waals surface area contributed by atoms with E-state index in [0.717, 1.165) is 18.5 Å². The molecule has 0 spiro atoms. The SMILES string of the molecule is N#Cc1ccc(F)c(CN2CCCN(C(=O)c3ccsc3)CC2)c1. The monoisotopic (exact) mass is 343 g/mol. The number of thiophene rings is 1. The fourth-order valence-electron chi connectivity index (χ4n) is 2.91. The highest BCUT2D eigenvalue weighted by atomic mass is 32.1. The van der Waals surface area contributed by atoms with E-state index in [9.17, 15) is 9.18 Å². The highest BCUT2D eigenvalue weighted by Crippen LogP contribution is 2.16. The molecular formula is C18H18FN3OS. The van der Waals surface area contributed by atoms with E-state index in [1.54, 1.807) is 6.07 Å². The van der Waals surface area contributed by atoms with Gasteiger partial charge in [0.2, 0.25) is 0 Å². The standard InChI is InChI=1S/C18H18FN3OS/c19-17-3-2-14(11-20)10-16(17)12-21-5-1-6-22(8-7-21)18(23)15-4-9-24-13-15/h2-4,9-10,13H,1,5-8,12H2. The van der Waals surface area contributed by atoms with Gasteiger partial charge in [-0.3, -0.25) is 9.69 Å². The number of nitrogens with zero attached hydrogens (tertiary/aromatic N) is 3.